The number of nitro groups is 1. The number of carbonyl (C=O) groups excluding carboxylic acids is 1. The maximum atomic E-state index is 11.6. The van der Waals surface area contributed by atoms with Crippen molar-refractivity contribution in [1.29, 1.82) is 0 Å². The van der Waals surface area contributed by atoms with E-state index in [0.29, 0.717) is 5.56 Å². The maximum absolute atomic E-state index is 11.6. The molecule has 5 heteroatoms. The van der Waals surface area contributed by atoms with Crippen LogP contribution in [0.1, 0.15) is 19.4 Å². The SMILES string of the molecule is CCOC(=O)C(C)(c1ccccc1)[N+](=O)[O-]. The quantitative estimate of drug-likeness (QED) is 0.443. The van der Waals surface area contributed by atoms with Crippen molar-refractivity contribution in [3.63, 3.8) is 0 Å². The van der Waals surface area contributed by atoms with Crippen molar-refractivity contribution in [3.05, 3.63) is 46.0 Å². The molecule has 0 aromatic heterocycles. The first-order valence-corrected chi connectivity index (χ1v) is 4.90. The summed E-state index contributed by atoms with van der Waals surface area (Å²) in [5, 5.41) is 11.0. The van der Waals surface area contributed by atoms with Gasteiger partial charge >= 0.3 is 11.5 Å². The molecule has 0 N–H and O–H groups in total. The summed E-state index contributed by atoms with van der Waals surface area (Å²) < 4.78 is 4.74. The van der Waals surface area contributed by atoms with Crippen molar-refractivity contribution in [2.75, 3.05) is 6.61 Å². The van der Waals surface area contributed by atoms with E-state index in [2.05, 4.69) is 0 Å². The lowest BCUT2D eigenvalue weighted by Crippen LogP contribution is -2.41. The third kappa shape index (κ3) is 2.03. The second-order valence-electron chi connectivity index (χ2n) is 3.42. The van der Waals surface area contributed by atoms with Gasteiger partial charge in [0.05, 0.1) is 6.61 Å². The van der Waals surface area contributed by atoms with Crippen LogP contribution in [0, 0.1) is 10.1 Å². The van der Waals surface area contributed by atoms with E-state index >= 15 is 0 Å². The van der Waals surface area contributed by atoms with Gasteiger partial charge in [-0.05, 0) is 6.92 Å². The molecule has 0 aliphatic heterocycles. The molecule has 0 fully saturated rings. The Balaban J connectivity index is 3.17. The summed E-state index contributed by atoms with van der Waals surface area (Å²) in [6, 6.07) is 8.11. The first-order valence-electron chi connectivity index (χ1n) is 4.90. The van der Waals surface area contributed by atoms with E-state index in [4.69, 9.17) is 4.74 Å². The van der Waals surface area contributed by atoms with Crippen LogP contribution in [0.5, 0.6) is 0 Å². The fraction of sp³-hybridized carbons (Fsp3) is 0.364. The van der Waals surface area contributed by atoms with Gasteiger partial charge in [0.15, 0.2) is 0 Å². The molecule has 1 aromatic rings. The zero-order chi connectivity index (χ0) is 12.2. The Labute approximate surface area is 93.2 Å². The van der Waals surface area contributed by atoms with Crippen LogP contribution in [0.3, 0.4) is 0 Å². The summed E-state index contributed by atoms with van der Waals surface area (Å²) in [4.78, 5) is 22.1. The molecule has 1 atom stereocenters. The van der Waals surface area contributed by atoms with Gasteiger partial charge in [0.25, 0.3) is 0 Å². The Morgan fingerprint density at radius 1 is 1.44 bits per heavy atom. The van der Waals surface area contributed by atoms with E-state index in [-0.39, 0.29) is 6.61 Å². The van der Waals surface area contributed by atoms with Crippen LogP contribution in [0.25, 0.3) is 0 Å². The monoisotopic (exact) mass is 223 g/mol. The minimum atomic E-state index is -1.84. The lowest BCUT2D eigenvalue weighted by atomic mass is 9.93. The number of hydrogen-bond donors (Lipinski definition) is 0. The molecule has 1 unspecified atom stereocenters. The molecule has 1 rings (SSSR count). The summed E-state index contributed by atoms with van der Waals surface area (Å²) in [6.45, 7) is 2.98. The van der Waals surface area contributed by atoms with Crippen molar-refractivity contribution in [3.8, 4) is 0 Å². The third-order valence-corrected chi connectivity index (χ3v) is 2.37. The molecule has 1 aromatic carbocycles. The Morgan fingerprint density at radius 3 is 2.44 bits per heavy atom. The summed E-state index contributed by atoms with van der Waals surface area (Å²) in [6.07, 6.45) is 0. The smallest absolute Gasteiger partial charge is 0.389 e. The number of nitrogens with zero attached hydrogens (tertiary/aromatic N) is 1. The number of benzene rings is 1. The highest BCUT2D eigenvalue weighted by molar-refractivity contribution is 5.80. The molecule has 16 heavy (non-hydrogen) atoms. The Morgan fingerprint density at radius 2 is 2.00 bits per heavy atom. The van der Waals surface area contributed by atoms with Gasteiger partial charge < -0.3 is 4.74 Å². The van der Waals surface area contributed by atoms with Crippen molar-refractivity contribution in [2.45, 2.75) is 19.4 Å². The van der Waals surface area contributed by atoms with E-state index in [1.165, 1.54) is 6.92 Å². The Bertz CT molecular complexity index is 390. The molecule has 0 amide bonds. The van der Waals surface area contributed by atoms with Crippen LogP contribution in [0.2, 0.25) is 0 Å². The van der Waals surface area contributed by atoms with Gasteiger partial charge in [0, 0.05) is 17.4 Å². The molecule has 0 aliphatic carbocycles. The summed E-state index contributed by atoms with van der Waals surface area (Å²) in [5.41, 5.74) is -1.52. The van der Waals surface area contributed by atoms with E-state index in [1.54, 1.807) is 37.3 Å². The lowest BCUT2D eigenvalue weighted by Gasteiger charge is -2.18. The molecule has 5 nitrogen and oxygen atoms in total. The Hall–Kier alpha value is -1.91. The molecule has 0 spiro atoms. The standard InChI is InChI=1S/C11H13NO4/c1-3-16-10(13)11(2,12(14)15)9-7-5-4-6-8-9/h4-8H,3H2,1-2H3. The maximum Gasteiger partial charge on any atom is 0.389 e. The van der Waals surface area contributed by atoms with Crippen molar-refractivity contribution < 1.29 is 14.5 Å². The molecule has 0 saturated heterocycles. The number of ether oxygens (including phenoxy) is 1. The first-order chi connectivity index (χ1) is 7.53. The lowest BCUT2D eigenvalue weighted by molar-refractivity contribution is -0.559. The van der Waals surface area contributed by atoms with Crippen LogP contribution in [-0.4, -0.2) is 17.5 Å². The van der Waals surface area contributed by atoms with E-state index in [1.807, 2.05) is 0 Å². The second kappa shape index (κ2) is 4.74. The largest absolute Gasteiger partial charge is 0.460 e. The predicted octanol–water partition coefficient (Wildman–Crippen LogP) is 1.74. The van der Waals surface area contributed by atoms with Gasteiger partial charge in [-0.3, -0.25) is 10.1 Å². The van der Waals surface area contributed by atoms with Crippen molar-refractivity contribution >= 4 is 5.97 Å². The van der Waals surface area contributed by atoms with Crippen molar-refractivity contribution in [2.24, 2.45) is 0 Å². The Kier molecular flexibility index (Phi) is 3.60. The number of carbonyl (C=O) groups is 1. The topological polar surface area (TPSA) is 69.4 Å². The van der Waals surface area contributed by atoms with Crippen LogP contribution >= 0.6 is 0 Å². The van der Waals surface area contributed by atoms with E-state index in [9.17, 15) is 14.9 Å². The molecule has 0 radical (unpaired) electrons. The third-order valence-electron chi connectivity index (χ3n) is 2.37. The zero-order valence-corrected chi connectivity index (χ0v) is 9.17. The number of hydrogen-bond acceptors (Lipinski definition) is 4. The first kappa shape index (κ1) is 12.2. The van der Waals surface area contributed by atoms with Gasteiger partial charge in [-0.25, -0.2) is 4.79 Å². The average Bonchev–Trinajstić information content (AvgIpc) is 2.29. The number of rotatable bonds is 4. The summed E-state index contributed by atoms with van der Waals surface area (Å²) >= 11 is 0. The predicted molar refractivity (Wildman–Crippen MR) is 57.4 cm³/mol. The van der Waals surface area contributed by atoms with E-state index < -0.39 is 16.4 Å². The van der Waals surface area contributed by atoms with Gasteiger partial charge in [0.2, 0.25) is 0 Å². The van der Waals surface area contributed by atoms with Gasteiger partial charge in [-0.15, -0.1) is 0 Å². The van der Waals surface area contributed by atoms with Gasteiger partial charge in [-0.2, -0.15) is 0 Å². The summed E-state index contributed by atoms with van der Waals surface area (Å²) in [7, 11) is 0. The highest BCUT2D eigenvalue weighted by atomic mass is 16.6. The molecule has 0 saturated carbocycles. The van der Waals surface area contributed by atoms with Crippen LogP contribution < -0.4 is 0 Å². The fourth-order valence-electron chi connectivity index (χ4n) is 1.33. The van der Waals surface area contributed by atoms with Crippen molar-refractivity contribution in [1.82, 2.24) is 0 Å². The minimum Gasteiger partial charge on any atom is -0.460 e. The van der Waals surface area contributed by atoms with E-state index in [0.717, 1.165) is 0 Å². The highest BCUT2D eigenvalue weighted by Crippen LogP contribution is 2.25. The number of esters is 1. The van der Waals surface area contributed by atoms with Gasteiger partial charge in [-0.1, -0.05) is 30.3 Å². The normalized spacial score (nSPS) is 13.9. The van der Waals surface area contributed by atoms with Crippen LogP contribution in [0.15, 0.2) is 30.3 Å². The molecular weight excluding hydrogens is 210 g/mol. The molecule has 86 valence electrons. The second-order valence-corrected chi connectivity index (χ2v) is 3.42. The van der Waals surface area contributed by atoms with Crippen LogP contribution in [0.4, 0.5) is 0 Å². The summed E-state index contributed by atoms with van der Waals surface area (Å²) in [5.74, 6) is -0.841. The molecule has 0 bridgehead atoms. The molecule has 0 aliphatic rings. The molecular formula is C11H13NO4. The van der Waals surface area contributed by atoms with Crippen LogP contribution in [-0.2, 0) is 15.1 Å². The highest BCUT2D eigenvalue weighted by Gasteiger charge is 2.49. The minimum absolute atomic E-state index is 0.120. The average molecular weight is 223 g/mol. The zero-order valence-electron chi connectivity index (χ0n) is 9.17. The van der Waals surface area contributed by atoms with Gasteiger partial charge in [0.1, 0.15) is 0 Å². The fourth-order valence-corrected chi connectivity index (χ4v) is 1.33. The molecule has 0 heterocycles.